The molecule has 0 saturated heterocycles. The van der Waals surface area contributed by atoms with Gasteiger partial charge in [0.2, 0.25) is 0 Å². The first-order chi connectivity index (χ1) is 6.26. The molecule has 0 aliphatic heterocycles. The number of methoxy groups -OCH3 is 1. The van der Waals surface area contributed by atoms with Crippen LogP contribution in [-0.4, -0.2) is 33.2 Å². The lowest BCUT2D eigenvalue weighted by molar-refractivity contribution is -0.113. The highest BCUT2D eigenvalue weighted by atomic mass is 16.5. The Morgan fingerprint density at radius 3 is 2.54 bits per heavy atom. The van der Waals surface area contributed by atoms with Gasteiger partial charge < -0.3 is 14.3 Å². The van der Waals surface area contributed by atoms with Crippen LogP contribution in [0.5, 0.6) is 0 Å². The van der Waals surface area contributed by atoms with Gasteiger partial charge in [0, 0.05) is 19.6 Å². The molecule has 0 fully saturated rings. The predicted molar refractivity (Wildman–Crippen MR) is 51.7 cm³/mol. The van der Waals surface area contributed by atoms with Crippen LogP contribution in [0, 0.1) is 11.8 Å². The summed E-state index contributed by atoms with van der Waals surface area (Å²) in [5, 5.41) is 0. The van der Waals surface area contributed by atoms with Gasteiger partial charge in [-0.3, -0.25) is 0 Å². The molecule has 0 saturated carbocycles. The maximum Gasteiger partial charge on any atom is 0.123 e. The van der Waals surface area contributed by atoms with Crippen molar-refractivity contribution < 1.29 is 14.3 Å². The third-order valence-corrected chi connectivity index (χ3v) is 2.19. The van der Waals surface area contributed by atoms with Crippen molar-refractivity contribution in [3.8, 4) is 0 Å². The zero-order valence-electron chi connectivity index (χ0n) is 8.79. The van der Waals surface area contributed by atoms with Gasteiger partial charge in [0.05, 0.1) is 13.2 Å². The van der Waals surface area contributed by atoms with Crippen LogP contribution in [0.25, 0.3) is 0 Å². The normalized spacial score (nSPS) is 15.3. The highest BCUT2D eigenvalue weighted by molar-refractivity contribution is 5.53. The average Bonchev–Trinajstić information content (AvgIpc) is 2.14. The molecular formula is C10H20O3. The first-order valence-electron chi connectivity index (χ1n) is 4.78. The fourth-order valence-corrected chi connectivity index (χ4v) is 1.17. The monoisotopic (exact) mass is 188 g/mol. The van der Waals surface area contributed by atoms with E-state index in [1.807, 2.05) is 13.8 Å². The first-order valence-corrected chi connectivity index (χ1v) is 4.78. The Hall–Kier alpha value is -0.410. The lowest BCUT2D eigenvalue weighted by Gasteiger charge is -2.16. The second-order valence-electron chi connectivity index (χ2n) is 3.25. The number of ether oxygens (including phenoxy) is 2. The Bertz CT molecular complexity index is 125. The molecule has 2 unspecified atom stereocenters. The third-order valence-electron chi connectivity index (χ3n) is 2.19. The van der Waals surface area contributed by atoms with E-state index in [-0.39, 0.29) is 5.92 Å². The first kappa shape index (κ1) is 12.6. The molecule has 0 spiro atoms. The molecule has 0 N–H and O–H groups in total. The SMILES string of the molecule is CCC(C=O)C(C)COCCOC. The van der Waals surface area contributed by atoms with E-state index >= 15 is 0 Å². The number of hydrogen-bond acceptors (Lipinski definition) is 3. The van der Waals surface area contributed by atoms with E-state index in [0.717, 1.165) is 12.7 Å². The van der Waals surface area contributed by atoms with Gasteiger partial charge in [-0.05, 0) is 12.3 Å². The molecule has 0 aromatic carbocycles. The van der Waals surface area contributed by atoms with E-state index in [9.17, 15) is 4.79 Å². The molecule has 0 rings (SSSR count). The standard InChI is InChI=1S/C10H20O3/c1-4-10(7-11)9(2)8-13-6-5-12-3/h7,9-10H,4-6,8H2,1-3H3. The Kier molecular flexibility index (Phi) is 7.94. The maximum atomic E-state index is 10.6. The molecule has 0 radical (unpaired) electrons. The van der Waals surface area contributed by atoms with E-state index in [0.29, 0.717) is 25.7 Å². The van der Waals surface area contributed by atoms with E-state index in [1.54, 1.807) is 7.11 Å². The highest BCUT2D eigenvalue weighted by Crippen LogP contribution is 2.12. The van der Waals surface area contributed by atoms with Gasteiger partial charge in [0.1, 0.15) is 6.29 Å². The van der Waals surface area contributed by atoms with Crippen LogP contribution < -0.4 is 0 Å². The van der Waals surface area contributed by atoms with E-state index < -0.39 is 0 Å². The second-order valence-corrected chi connectivity index (χ2v) is 3.25. The quantitative estimate of drug-likeness (QED) is 0.428. The van der Waals surface area contributed by atoms with Crippen molar-refractivity contribution in [2.75, 3.05) is 26.9 Å². The largest absolute Gasteiger partial charge is 0.382 e. The number of aldehydes is 1. The maximum absolute atomic E-state index is 10.6. The van der Waals surface area contributed by atoms with Crippen LogP contribution in [0.2, 0.25) is 0 Å². The van der Waals surface area contributed by atoms with Gasteiger partial charge in [-0.15, -0.1) is 0 Å². The Labute approximate surface area is 80.4 Å². The molecule has 0 aliphatic carbocycles. The Morgan fingerprint density at radius 1 is 1.38 bits per heavy atom. The second kappa shape index (κ2) is 8.20. The zero-order valence-corrected chi connectivity index (χ0v) is 8.79. The van der Waals surface area contributed by atoms with Crippen molar-refractivity contribution in [3.63, 3.8) is 0 Å². The average molecular weight is 188 g/mol. The molecule has 78 valence electrons. The molecule has 0 heterocycles. The number of hydrogen-bond donors (Lipinski definition) is 0. The molecule has 3 heteroatoms. The van der Waals surface area contributed by atoms with Gasteiger partial charge >= 0.3 is 0 Å². The molecule has 0 bridgehead atoms. The number of carbonyl (C=O) groups excluding carboxylic acids is 1. The Balaban J connectivity index is 3.47. The smallest absolute Gasteiger partial charge is 0.123 e. The summed E-state index contributed by atoms with van der Waals surface area (Å²) in [5.41, 5.74) is 0. The van der Waals surface area contributed by atoms with Gasteiger partial charge in [-0.25, -0.2) is 0 Å². The van der Waals surface area contributed by atoms with Gasteiger partial charge in [0.15, 0.2) is 0 Å². The lowest BCUT2D eigenvalue weighted by atomic mass is 9.94. The highest BCUT2D eigenvalue weighted by Gasteiger charge is 2.13. The van der Waals surface area contributed by atoms with Crippen LogP contribution in [0.4, 0.5) is 0 Å². The van der Waals surface area contributed by atoms with E-state index in [4.69, 9.17) is 9.47 Å². The zero-order chi connectivity index (χ0) is 10.1. The predicted octanol–water partition coefficient (Wildman–Crippen LogP) is 1.51. The minimum atomic E-state index is 0.127. The minimum Gasteiger partial charge on any atom is -0.382 e. The summed E-state index contributed by atoms with van der Waals surface area (Å²) >= 11 is 0. The summed E-state index contributed by atoms with van der Waals surface area (Å²) in [6, 6.07) is 0. The third kappa shape index (κ3) is 5.77. The van der Waals surface area contributed by atoms with Crippen molar-refractivity contribution in [1.82, 2.24) is 0 Å². The fraction of sp³-hybridized carbons (Fsp3) is 0.900. The van der Waals surface area contributed by atoms with E-state index in [1.165, 1.54) is 0 Å². The number of rotatable bonds is 8. The number of carbonyl (C=O) groups is 1. The van der Waals surface area contributed by atoms with Crippen molar-refractivity contribution in [3.05, 3.63) is 0 Å². The van der Waals surface area contributed by atoms with Crippen molar-refractivity contribution in [2.45, 2.75) is 20.3 Å². The summed E-state index contributed by atoms with van der Waals surface area (Å²) in [4.78, 5) is 10.6. The summed E-state index contributed by atoms with van der Waals surface area (Å²) in [6.07, 6.45) is 1.91. The van der Waals surface area contributed by atoms with Crippen LogP contribution in [0.15, 0.2) is 0 Å². The molecule has 0 aliphatic rings. The van der Waals surface area contributed by atoms with Crippen LogP contribution in [-0.2, 0) is 14.3 Å². The molecule has 0 aromatic rings. The molecular weight excluding hydrogens is 168 g/mol. The molecule has 0 aromatic heterocycles. The summed E-state index contributed by atoms with van der Waals surface area (Å²) < 4.78 is 10.2. The van der Waals surface area contributed by atoms with Crippen molar-refractivity contribution in [1.29, 1.82) is 0 Å². The van der Waals surface area contributed by atoms with Gasteiger partial charge in [-0.2, -0.15) is 0 Å². The van der Waals surface area contributed by atoms with E-state index in [2.05, 4.69) is 0 Å². The van der Waals surface area contributed by atoms with Crippen molar-refractivity contribution >= 4 is 6.29 Å². The molecule has 13 heavy (non-hydrogen) atoms. The minimum absolute atomic E-state index is 0.127. The van der Waals surface area contributed by atoms with Crippen LogP contribution >= 0.6 is 0 Å². The topological polar surface area (TPSA) is 35.5 Å². The van der Waals surface area contributed by atoms with Crippen molar-refractivity contribution in [2.24, 2.45) is 11.8 Å². The fourth-order valence-electron chi connectivity index (χ4n) is 1.17. The van der Waals surface area contributed by atoms with Gasteiger partial charge in [0.25, 0.3) is 0 Å². The summed E-state index contributed by atoms with van der Waals surface area (Å²) in [7, 11) is 1.65. The molecule has 2 atom stereocenters. The Morgan fingerprint density at radius 2 is 2.08 bits per heavy atom. The van der Waals surface area contributed by atoms with Crippen LogP contribution in [0.3, 0.4) is 0 Å². The summed E-state index contributed by atoms with van der Waals surface area (Å²) in [6.45, 7) is 5.92. The lowest BCUT2D eigenvalue weighted by Crippen LogP contribution is -2.19. The van der Waals surface area contributed by atoms with Gasteiger partial charge in [-0.1, -0.05) is 13.8 Å². The van der Waals surface area contributed by atoms with Crippen LogP contribution in [0.1, 0.15) is 20.3 Å². The molecule has 3 nitrogen and oxygen atoms in total. The summed E-state index contributed by atoms with van der Waals surface area (Å²) in [5.74, 6) is 0.432. The molecule has 0 amide bonds.